The van der Waals surface area contributed by atoms with Crippen molar-refractivity contribution >= 4 is 17.1 Å². The monoisotopic (exact) mass is 302 g/mol. The van der Waals surface area contributed by atoms with Crippen LogP contribution in [0.1, 0.15) is 40.2 Å². The molecule has 2 aromatic heterocycles. The highest BCUT2D eigenvalue weighted by molar-refractivity contribution is 7.07. The number of aromatic nitrogens is 1. The summed E-state index contributed by atoms with van der Waals surface area (Å²) < 4.78 is 2.09. The largest absolute Gasteiger partial charge is 0.351 e. The standard InChI is InChI=1S/C17H22N2OS/c1-12-8-16(13(2)18(12)3)17(20)10-19(15-4-5-15)9-14-6-7-21-11-14/h6-8,11,15H,4-5,9-10H2,1-3H3. The van der Waals surface area contributed by atoms with Gasteiger partial charge in [0.15, 0.2) is 5.78 Å². The van der Waals surface area contributed by atoms with Crippen LogP contribution < -0.4 is 0 Å². The van der Waals surface area contributed by atoms with Crippen molar-refractivity contribution in [3.05, 3.63) is 45.4 Å². The Morgan fingerprint density at radius 2 is 2.19 bits per heavy atom. The Kier molecular flexibility index (Phi) is 4.00. The summed E-state index contributed by atoms with van der Waals surface area (Å²) in [5.74, 6) is 0.248. The van der Waals surface area contributed by atoms with Crippen molar-refractivity contribution in [3.63, 3.8) is 0 Å². The number of Topliss-reactive ketones (excluding diaryl/α,β-unsaturated/α-hetero) is 1. The fourth-order valence-electron chi connectivity index (χ4n) is 2.78. The first-order valence-electron chi connectivity index (χ1n) is 7.47. The molecule has 0 N–H and O–H groups in total. The Morgan fingerprint density at radius 3 is 2.71 bits per heavy atom. The number of aryl methyl sites for hydroxylation is 1. The number of rotatable bonds is 6. The lowest BCUT2D eigenvalue weighted by atomic mass is 10.1. The Hall–Kier alpha value is -1.39. The third-order valence-electron chi connectivity index (χ3n) is 4.45. The Balaban J connectivity index is 1.73. The van der Waals surface area contributed by atoms with Crippen molar-refractivity contribution in [2.75, 3.05) is 6.54 Å². The minimum atomic E-state index is 0.248. The van der Waals surface area contributed by atoms with Gasteiger partial charge in [-0.3, -0.25) is 9.69 Å². The van der Waals surface area contributed by atoms with Crippen molar-refractivity contribution in [1.29, 1.82) is 0 Å². The maximum absolute atomic E-state index is 12.6. The summed E-state index contributed by atoms with van der Waals surface area (Å²) in [6, 6.07) is 4.77. The second-order valence-corrected chi connectivity index (χ2v) is 6.81. The molecule has 0 unspecified atom stereocenters. The van der Waals surface area contributed by atoms with Crippen molar-refractivity contribution in [3.8, 4) is 0 Å². The van der Waals surface area contributed by atoms with Gasteiger partial charge in [-0.2, -0.15) is 11.3 Å². The van der Waals surface area contributed by atoms with E-state index in [0.29, 0.717) is 12.6 Å². The molecule has 4 heteroatoms. The van der Waals surface area contributed by atoms with Gasteiger partial charge in [-0.15, -0.1) is 0 Å². The molecule has 21 heavy (non-hydrogen) atoms. The van der Waals surface area contributed by atoms with Gasteiger partial charge in [0.25, 0.3) is 0 Å². The highest BCUT2D eigenvalue weighted by Crippen LogP contribution is 2.29. The average molecular weight is 302 g/mol. The SMILES string of the molecule is Cc1cc(C(=O)CN(Cc2ccsc2)C2CC2)c(C)n1C. The zero-order valence-corrected chi connectivity index (χ0v) is 13.7. The lowest BCUT2D eigenvalue weighted by Crippen LogP contribution is -2.31. The number of carbonyl (C=O) groups excluding carboxylic acids is 1. The van der Waals surface area contributed by atoms with Crippen LogP contribution in [0.25, 0.3) is 0 Å². The number of hydrogen-bond donors (Lipinski definition) is 0. The average Bonchev–Trinajstić information content (AvgIpc) is 3.13. The minimum Gasteiger partial charge on any atom is -0.351 e. The van der Waals surface area contributed by atoms with Gasteiger partial charge in [0.05, 0.1) is 6.54 Å². The summed E-state index contributed by atoms with van der Waals surface area (Å²) in [7, 11) is 2.02. The Labute approximate surface area is 130 Å². The molecule has 0 radical (unpaired) electrons. The first-order chi connectivity index (χ1) is 10.1. The fraction of sp³-hybridized carbons (Fsp3) is 0.471. The van der Waals surface area contributed by atoms with Gasteiger partial charge in [0, 0.05) is 36.6 Å². The van der Waals surface area contributed by atoms with Crippen molar-refractivity contribution < 1.29 is 4.79 Å². The number of hydrogen-bond acceptors (Lipinski definition) is 3. The maximum Gasteiger partial charge on any atom is 0.178 e. The molecule has 0 saturated heterocycles. The van der Waals surface area contributed by atoms with E-state index in [1.807, 2.05) is 27.0 Å². The molecule has 2 heterocycles. The van der Waals surface area contributed by atoms with E-state index in [2.05, 4.69) is 26.3 Å². The van der Waals surface area contributed by atoms with Crippen molar-refractivity contribution in [2.24, 2.45) is 7.05 Å². The first kappa shape index (κ1) is 14.5. The van der Waals surface area contributed by atoms with Crippen LogP contribution in [0.15, 0.2) is 22.9 Å². The summed E-state index contributed by atoms with van der Waals surface area (Å²) in [6.45, 7) is 5.50. The van der Waals surface area contributed by atoms with E-state index in [1.165, 1.54) is 18.4 Å². The predicted molar refractivity (Wildman–Crippen MR) is 87.0 cm³/mol. The summed E-state index contributed by atoms with van der Waals surface area (Å²) in [6.07, 6.45) is 2.45. The zero-order chi connectivity index (χ0) is 15.0. The second-order valence-electron chi connectivity index (χ2n) is 6.03. The van der Waals surface area contributed by atoms with Gasteiger partial charge in [-0.05, 0) is 55.1 Å². The lowest BCUT2D eigenvalue weighted by Gasteiger charge is -2.20. The second kappa shape index (κ2) is 5.78. The van der Waals surface area contributed by atoms with Crippen molar-refractivity contribution in [2.45, 2.75) is 39.3 Å². The van der Waals surface area contributed by atoms with Crippen LogP contribution in [0.3, 0.4) is 0 Å². The predicted octanol–water partition coefficient (Wildman–Crippen LogP) is 3.55. The zero-order valence-electron chi connectivity index (χ0n) is 12.9. The van der Waals surface area contributed by atoms with Crippen LogP contribution >= 0.6 is 11.3 Å². The molecular weight excluding hydrogens is 280 g/mol. The smallest absolute Gasteiger partial charge is 0.178 e. The van der Waals surface area contributed by atoms with E-state index >= 15 is 0 Å². The van der Waals surface area contributed by atoms with Crippen LogP contribution in [0.2, 0.25) is 0 Å². The number of ketones is 1. The molecule has 3 rings (SSSR count). The molecule has 1 aliphatic rings. The Bertz CT molecular complexity index is 638. The molecule has 1 saturated carbocycles. The lowest BCUT2D eigenvalue weighted by molar-refractivity contribution is 0.0918. The van der Waals surface area contributed by atoms with Crippen LogP contribution in [-0.4, -0.2) is 27.8 Å². The molecule has 112 valence electrons. The third kappa shape index (κ3) is 3.11. The van der Waals surface area contributed by atoms with Gasteiger partial charge in [0.2, 0.25) is 0 Å². The van der Waals surface area contributed by atoms with Gasteiger partial charge in [-0.25, -0.2) is 0 Å². The number of nitrogens with zero attached hydrogens (tertiary/aromatic N) is 2. The van der Waals surface area contributed by atoms with E-state index in [4.69, 9.17) is 0 Å². The molecular formula is C17H22N2OS. The Morgan fingerprint density at radius 1 is 1.43 bits per heavy atom. The molecule has 0 spiro atoms. The van der Waals surface area contributed by atoms with E-state index in [1.54, 1.807) is 11.3 Å². The summed E-state index contributed by atoms with van der Waals surface area (Å²) in [4.78, 5) is 15.0. The summed E-state index contributed by atoms with van der Waals surface area (Å²) in [5.41, 5.74) is 4.42. The highest BCUT2D eigenvalue weighted by Gasteiger charge is 2.31. The van der Waals surface area contributed by atoms with E-state index in [9.17, 15) is 4.79 Å². The molecule has 1 aliphatic carbocycles. The highest BCUT2D eigenvalue weighted by atomic mass is 32.1. The molecule has 0 aromatic carbocycles. The van der Waals surface area contributed by atoms with Gasteiger partial charge in [-0.1, -0.05) is 0 Å². The van der Waals surface area contributed by atoms with E-state index in [0.717, 1.165) is 23.5 Å². The molecule has 1 fully saturated rings. The van der Waals surface area contributed by atoms with Crippen LogP contribution in [0.5, 0.6) is 0 Å². The molecule has 0 aliphatic heterocycles. The topological polar surface area (TPSA) is 25.2 Å². The van der Waals surface area contributed by atoms with E-state index in [-0.39, 0.29) is 5.78 Å². The van der Waals surface area contributed by atoms with Crippen LogP contribution in [0.4, 0.5) is 0 Å². The van der Waals surface area contributed by atoms with Crippen LogP contribution in [-0.2, 0) is 13.6 Å². The first-order valence-corrected chi connectivity index (χ1v) is 8.42. The summed E-state index contributed by atoms with van der Waals surface area (Å²) >= 11 is 1.72. The van der Waals surface area contributed by atoms with Gasteiger partial charge in [0.1, 0.15) is 0 Å². The van der Waals surface area contributed by atoms with Gasteiger partial charge >= 0.3 is 0 Å². The molecule has 3 nitrogen and oxygen atoms in total. The number of carbonyl (C=O) groups is 1. The van der Waals surface area contributed by atoms with Crippen molar-refractivity contribution in [1.82, 2.24) is 9.47 Å². The normalized spacial score (nSPS) is 14.9. The quantitative estimate of drug-likeness (QED) is 0.762. The van der Waals surface area contributed by atoms with Crippen LogP contribution in [0, 0.1) is 13.8 Å². The molecule has 0 amide bonds. The number of thiophene rings is 1. The molecule has 0 atom stereocenters. The summed E-state index contributed by atoms with van der Waals surface area (Å²) in [5, 5.41) is 4.28. The third-order valence-corrected chi connectivity index (χ3v) is 5.18. The van der Waals surface area contributed by atoms with E-state index < -0.39 is 0 Å². The van der Waals surface area contributed by atoms with Gasteiger partial charge < -0.3 is 4.57 Å². The maximum atomic E-state index is 12.6. The molecule has 2 aromatic rings. The molecule has 0 bridgehead atoms. The fourth-order valence-corrected chi connectivity index (χ4v) is 3.44. The minimum absolute atomic E-state index is 0.248.